The van der Waals surface area contributed by atoms with E-state index in [9.17, 15) is 14.4 Å². The van der Waals surface area contributed by atoms with E-state index in [4.69, 9.17) is 9.84 Å². The number of Topliss-reactive ketones (excluding diaryl/α,β-unsaturated/α-hetero) is 1. The molecule has 0 heterocycles. The molecule has 3 fully saturated rings. The third-order valence-corrected chi connectivity index (χ3v) is 7.86. The van der Waals surface area contributed by atoms with Crippen molar-refractivity contribution in [1.29, 1.82) is 0 Å². The molecule has 5 nitrogen and oxygen atoms in total. The number of esters is 1. The van der Waals surface area contributed by atoms with Crippen LogP contribution in [0.3, 0.4) is 0 Å². The van der Waals surface area contributed by atoms with Crippen molar-refractivity contribution >= 4 is 17.7 Å². The van der Waals surface area contributed by atoms with Gasteiger partial charge in [-0.25, -0.2) is 4.79 Å². The van der Waals surface area contributed by atoms with Gasteiger partial charge in [-0.1, -0.05) is 25.8 Å². The highest BCUT2D eigenvalue weighted by atomic mass is 16.5. The molecule has 1 N–H and O–H groups in total. The summed E-state index contributed by atoms with van der Waals surface area (Å²) in [7, 11) is 1.43. The normalized spacial score (nSPS) is 44.2. The van der Waals surface area contributed by atoms with Crippen LogP contribution in [0.5, 0.6) is 0 Å². The number of aliphatic carboxylic acids is 1. The van der Waals surface area contributed by atoms with E-state index in [1.54, 1.807) is 0 Å². The van der Waals surface area contributed by atoms with Gasteiger partial charge in [-0.3, -0.25) is 9.59 Å². The number of allylic oxidation sites excluding steroid dienone is 1. The lowest BCUT2D eigenvalue weighted by molar-refractivity contribution is -0.178. The van der Waals surface area contributed by atoms with E-state index in [2.05, 4.69) is 6.92 Å². The highest BCUT2D eigenvalue weighted by Crippen LogP contribution is 2.64. The number of carbonyl (C=O) groups excluding carboxylic acids is 2. The molecule has 3 rings (SSSR count). The molecule has 3 aliphatic carbocycles. The molecular weight excluding hydrogens is 332 g/mol. The summed E-state index contributed by atoms with van der Waals surface area (Å²) < 4.78 is 5.12. The second-order valence-corrected chi connectivity index (χ2v) is 9.01. The van der Waals surface area contributed by atoms with Crippen molar-refractivity contribution in [2.24, 2.45) is 34.5 Å². The molecule has 0 aromatic rings. The van der Waals surface area contributed by atoms with Gasteiger partial charge >= 0.3 is 11.9 Å². The molecule has 0 aliphatic heterocycles. The molecule has 3 saturated carbocycles. The van der Waals surface area contributed by atoms with E-state index < -0.39 is 11.4 Å². The number of carboxylic acids is 1. The van der Waals surface area contributed by atoms with Gasteiger partial charge < -0.3 is 9.84 Å². The summed E-state index contributed by atoms with van der Waals surface area (Å²) >= 11 is 0. The van der Waals surface area contributed by atoms with Crippen LogP contribution in [0.4, 0.5) is 0 Å². The number of carboxylic acid groups (broad SMARTS) is 1. The van der Waals surface area contributed by atoms with Crippen LogP contribution in [0.25, 0.3) is 0 Å². The predicted octanol–water partition coefficient (Wildman–Crippen LogP) is 3.62. The zero-order valence-corrected chi connectivity index (χ0v) is 16.2. The van der Waals surface area contributed by atoms with Crippen LogP contribution >= 0.6 is 0 Å². The molecule has 0 radical (unpaired) electrons. The highest BCUT2D eigenvalue weighted by Gasteiger charge is 2.62. The fourth-order valence-electron chi connectivity index (χ4n) is 6.54. The molecule has 6 atom stereocenters. The third-order valence-electron chi connectivity index (χ3n) is 7.86. The first-order valence-corrected chi connectivity index (χ1v) is 9.69. The summed E-state index contributed by atoms with van der Waals surface area (Å²) in [5.74, 6) is -0.903. The van der Waals surface area contributed by atoms with Crippen LogP contribution in [-0.2, 0) is 19.1 Å². The number of fused-ring (bicyclic) bond motifs is 3. The van der Waals surface area contributed by atoms with E-state index >= 15 is 0 Å². The largest absolute Gasteiger partial charge is 0.478 e. The van der Waals surface area contributed by atoms with Crippen LogP contribution in [0.2, 0.25) is 0 Å². The van der Waals surface area contributed by atoms with Crippen LogP contribution in [0, 0.1) is 34.5 Å². The van der Waals surface area contributed by atoms with Crippen LogP contribution < -0.4 is 0 Å². The molecule has 0 aromatic carbocycles. The quantitative estimate of drug-likeness (QED) is 0.599. The maximum absolute atomic E-state index is 13.1. The molecule has 3 aliphatic rings. The molecule has 5 heteroatoms. The van der Waals surface area contributed by atoms with E-state index in [0.717, 1.165) is 37.7 Å². The smallest absolute Gasteiger partial charge is 0.328 e. The van der Waals surface area contributed by atoms with Crippen molar-refractivity contribution in [3.05, 3.63) is 11.6 Å². The van der Waals surface area contributed by atoms with Gasteiger partial charge in [-0.2, -0.15) is 0 Å². The van der Waals surface area contributed by atoms with Crippen molar-refractivity contribution in [2.45, 2.75) is 59.3 Å². The summed E-state index contributed by atoms with van der Waals surface area (Å²) in [6.07, 6.45) is 5.98. The molecule has 0 unspecified atom stereocenters. The number of carbonyl (C=O) groups is 3. The van der Waals surface area contributed by atoms with Crippen LogP contribution in [0.15, 0.2) is 11.6 Å². The Hall–Kier alpha value is -1.65. The van der Waals surface area contributed by atoms with Gasteiger partial charge in [-0.15, -0.1) is 0 Å². The molecule has 26 heavy (non-hydrogen) atoms. The SMILES string of the molecule is COC(=O)[C@@]1(C)CCC[C@@]2(C)[C@H]1CC(=O)[C@H]1[C@@H](C)C(=CC(=O)O)CC[C@@H]12. The summed E-state index contributed by atoms with van der Waals surface area (Å²) in [6.45, 7) is 6.22. The first-order chi connectivity index (χ1) is 12.1. The Morgan fingerprint density at radius 3 is 2.58 bits per heavy atom. The van der Waals surface area contributed by atoms with Gasteiger partial charge in [0, 0.05) is 18.4 Å². The number of ether oxygens (including phenoxy) is 1. The Morgan fingerprint density at radius 1 is 1.27 bits per heavy atom. The molecular formula is C21H30O5. The zero-order chi connectivity index (χ0) is 19.3. The van der Waals surface area contributed by atoms with Gasteiger partial charge in [0.05, 0.1) is 12.5 Å². The Kier molecular flexibility index (Phi) is 4.78. The van der Waals surface area contributed by atoms with Crippen molar-refractivity contribution in [3.8, 4) is 0 Å². The lowest BCUT2D eigenvalue weighted by Crippen LogP contribution is -2.59. The van der Waals surface area contributed by atoms with Crippen molar-refractivity contribution in [3.63, 3.8) is 0 Å². The minimum Gasteiger partial charge on any atom is -0.478 e. The number of rotatable bonds is 2. The van der Waals surface area contributed by atoms with Gasteiger partial charge in [0.1, 0.15) is 5.78 Å². The van der Waals surface area contributed by atoms with Gasteiger partial charge in [0.15, 0.2) is 0 Å². The average molecular weight is 362 g/mol. The average Bonchev–Trinajstić information content (AvgIpc) is 2.58. The van der Waals surface area contributed by atoms with E-state index in [0.29, 0.717) is 6.42 Å². The topological polar surface area (TPSA) is 80.7 Å². The maximum Gasteiger partial charge on any atom is 0.328 e. The van der Waals surface area contributed by atoms with Crippen molar-refractivity contribution < 1.29 is 24.2 Å². The van der Waals surface area contributed by atoms with E-state index in [1.165, 1.54) is 13.2 Å². The second-order valence-electron chi connectivity index (χ2n) is 9.01. The molecule has 0 spiro atoms. The Morgan fingerprint density at radius 2 is 1.96 bits per heavy atom. The number of methoxy groups -OCH3 is 1. The highest BCUT2D eigenvalue weighted by molar-refractivity contribution is 5.86. The van der Waals surface area contributed by atoms with E-state index in [-0.39, 0.29) is 40.8 Å². The molecule has 0 amide bonds. The second kappa shape index (κ2) is 6.50. The summed E-state index contributed by atoms with van der Waals surface area (Å²) in [5, 5.41) is 9.13. The fraction of sp³-hybridized carbons (Fsp3) is 0.762. The zero-order valence-electron chi connectivity index (χ0n) is 16.2. The fourth-order valence-corrected chi connectivity index (χ4v) is 6.54. The number of hydrogen-bond donors (Lipinski definition) is 1. The first-order valence-electron chi connectivity index (χ1n) is 9.69. The summed E-state index contributed by atoms with van der Waals surface area (Å²) in [6, 6.07) is 0. The monoisotopic (exact) mass is 362 g/mol. The lowest BCUT2D eigenvalue weighted by atomic mass is 9.43. The van der Waals surface area contributed by atoms with E-state index in [1.807, 2.05) is 13.8 Å². The molecule has 0 saturated heterocycles. The summed E-state index contributed by atoms with van der Waals surface area (Å²) in [5.41, 5.74) is 0.187. The lowest BCUT2D eigenvalue weighted by Gasteiger charge is -2.60. The number of hydrogen-bond acceptors (Lipinski definition) is 4. The molecule has 144 valence electrons. The maximum atomic E-state index is 13.1. The van der Waals surface area contributed by atoms with Gasteiger partial charge in [0.25, 0.3) is 0 Å². The standard InChI is InChI=1S/C21H30O5/c1-12-13(10-17(23)24)6-7-14-18(12)15(22)11-16-20(14,2)8-5-9-21(16,3)19(25)26-4/h10,12,14,16,18H,5-9,11H2,1-4H3,(H,23,24)/t12-,14-,16+,18-,20+,21-/m0/s1. The van der Waals surface area contributed by atoms with Crippen molar-refractivity contribution in [2.75, 3.05) is 7.11 Å². The van der Waals surface area contributed by atoms with Gasteiger partial charge in [-0.05, 0) is 55.8 Å². The predicted molar refractivity (Wildman–Crippen MR) is 96.3 cm³/mol. The number of ketones is 1. The molecule has 0 aromatic heterocycles. The van der Waals surface area contributed by atoms with Gasteiger partial charge in [0.2, 0.25) is 0 Å². The minimum atomic E-state index is -0.937. The van der Waals surface area contributed by atoms with Crippen LogP contribution in [0.1, 0.15) is 59.3 Å². The Balaban J connectivity index is 1.99. The summed E-state index contributed by atoms with van der Waals surface area (Å²) in [4.78, 5) is 36.8. The minimum absolute atomic E-state index is 0.00199. The Labute approximate surface area is 155 Å². The molecule has 0 bridgehead atoms. The van der Waals surface area contributed by atoms with Crippen molar-refractivity contribution in [1.82, 2.24) is 0 Å². The Bertz CT molecular complexity index is 665. The van der Waals surface area contributed by atoms with Crippen LogP contribution in [-0.4, -0.2) is 29.9 Å². The third kappa shape index (κ3) is 2.71. The first kappa shape index (κ1) is 19.1.